The van der Waals surface area contributed by atoms with Crippen molar-refractivity contribution in [2.75, 3.05) is 31.5 Å². The molecule has 26 heavy (non-hydrogen) atoms. The minimum Gasteiger partial charge on any atom is -0.726 e. The van der Waals surface area contributed by atoms with Crippen molar-refractivity contribution in [2.45, 2.75) is 0 Å². The van der Waals surface area contributed by atoms with Crippen molar-refractivity contribution >= 4 is 39.8 Å². The van der Waals surface area contributed by atoms with Gasteiger partial charge in [-0.05, 0) is 29.8 Å². The Bertz CT molecular complexity index is 808. The molecule has 0 amide bonds. The maximum atomic E-state index is 9.22. The van der Waals surface area contributed by atoms with E-state index in [0.29, 0.717) is 5.88 Å². The lowest BCUT2D eigenvalue weighted by Gasteiger charge is -2.17. The highest BCUT2D eigenvalue weighted by atomic mass is 35.5. The molecule has 0 N–H and O–H groups in total. The molecule has 1 aromatic carbocycles. The van der Waals surface area contributed by atoms with Gasteiger partial charge in [-0.15, -0.1) is 11.6 Å². The van der Waals surface area contributed by atoms with Gasteiger partial charge in [0.1, 0.15) is 7.05 Å². The van der Waals surface area contributed by atoms with Gasteiger partial charge in [-0.2, -0.15) is 0 Å². The summed E-state index contributed by atoms with van der Waals surface area (Å²) in [6.07, 6.45) is 6.29. The lowest BCUT2D eigenvalue weighted by atomic mass is 10.1. The maximum Gasteiger partial charge on any atom is 0.217 e. The molecule has 0 aliphatic heterocycles. The van der Waals surface area contributed by atoms with Crippen LogP contribution in [-0.4, -0.2) is 39.6 Å². The Morgan fingerprint density at radius 2 is 1.81 bits per heavy atom. The van der Waals surface area contributed by atoms with Crippen molar-refractivity contribution in [2.24, 2.45) is 7.05 Å². The minimum absolute atomic E-state index is 0.642. The summed E-state index contributed by atoms with van der Waals surface area (Å²) in [6, 6.07) is 14.7. The quantitative estimate of drug-likeness (QED) is 0.323. The van der Waals surface area contributed by atoms with Crippen LogP contribution in [0.25, 0.3) is 12.2 Å². The van der Waals surface area contributed by atoms with Crippen LogP contribution in [0.3, 0.4) is 0 Å². The first-order valence-corrected chi connectivity index (χ1v) is 9.65. The zero-order chi connectivity index (χ0) is 19.6. The van der Waals surface area contributed by atoms with Gasteiger partial charge < -0.3 is 9.45 Å². The van der Waals surface area contributed by atoms with E-state index in [-0.39, 0.29) is 0 Å². The highest BCUT2D eigenvalue weighted by molar-refractivity contribution is 7.80. The van der Waals surface area contributed by atoms with Gasteiger partial charge >= 0.3 is 0 Å². The van der Waals surface area contributed by atoms with E-state index in [0.717, 1.165) is 13.7 Å². The van der Waals surface area contributed by atoms with Gasteiger partial charge in [0.05, 0.1) is 7.11 Å². The van der Waals surface area contributed by atoms with Gasteiger partial charge in [0.25, 0.3) is 0 Å². The fraction of sp³-hybridized carbons (Fsp3) is 0.278. The third kappa shape index (κ3) is 8.44. The van der Waals surface area contributed by atoms with E-state index in [1.807, 2.05) is 25.4 Å². The second kappa shape index (κ2) is 10.9. The Morgan fingerprint density at radius 3 is 2.31 bits per heavy atom. The van der Waals surface area contributed by atoms with Crippen molar-refractivity contribution in [3.05, 3.63) is 59.9 Å². The maximum absolute atomic E-state index is 9.22. The van der Waals surface area contributed by atoms with Crippen molar-refractivity contribution in [3.8, 4) is 0 Å². The normalized spacial score (nSPS) is 11.1. The smallest absolute Gasteiger partial charge is 0.217 e. The molecule has 142 valence electrons. The van der Waals surface area contributed by atoms with Gasteiger partial charge in [0, 0.05) is 43.4 Å². The van der Waals surface area contributed by atoms with E-state index in [2.05, 4.69) is 63.2 Å². The third-order valence-electron chi connectivity index (χ3n) is 3.50. The predicted molar refractivity (Wildman–Crippen MR) is 104 cm³/mol. The van der Waals surface area contributed by atoms with E-state index in [4.69, 9.17) is 11.6 Å². The Morgan fingerprint density at radius 1 is 1.19 bits per heavy atom. The van der Waals surface area contributed by atoms with Crippen LogP contribution in [0.1, 0.15) is 11.3 Å². The summed E-state index contributed by atoms with van der Waals surface area (Å²) in [5, 5.41) is 0. The molecule has 8 heteroatoms. The SMILES string of the molecule is CN(CCCl)c1ccc(/C=C/c2cccc[n+]2C)cc1.COS(=O)(=O)[O-]. The van der Waals surface area contributed by atoms with Crippen LogP contribution in [0.4, 0.5) is 5.69 Å². The summed E-state index contributed by atoms with van der Waals surface area (Å²) >= 11 is 5.75. The second-order valence-electron chi connectivity index (χ2n) is 5.35. The van der Waals surface area contributed by atoms with Crippen LogP contribution in [0.15, 0.2) is 48.7 Å². The van der Waals surface area contributed by atoms with E-state index < -0.39 is 10.4 Å². The number of halogens is 1. The molecule has 0 fully saturated rings. The van der Waals surface area contributed by atoms with Crippen LogP contribution >= 0.6 is 11.6 Å². The van der Waals surface area contributed by atoms with Crippen molar-refractivity contribution < 1.29 is 21.7 Å². The van der Waals surface area contributed by atoms with Crippen molar-refractivity contribution in [3.63, 3.8) is 0 Å². The van der Waals surface area contributed by atoms with Crippen molar-refractivity contribution in [1.82, 2.24) is 0 Å². The fourth-order valence-corrected chi connectivity index (χ4v) is 2.24. The number of alkyl halides is 1. The number of rotatable bonds is 6. The highest BCUT2D eigenvalue weighted by Crippen LogP contribution is 2.15. The highest BCUT2D eigenvalue weighted by Gasteiger charge is 2.00. The number of benzene rings is 1. The average molecular weight is 399 g/mol. The molecule has 0 aliphatic carbocycles. The van der Waals surface area contributed by atoms with Crippen LogP contribution in [0, 0.1) is 0 Å². The Kier molecular flexibility index (Phi) is 9.29. The van der Waals surface area contributed by atoms with Crippen molar-refractivity contribution in [1.29, 1.82) is 0 Å². The number of anilines is 1. The first kappa shape index (κ1) is 22.1. The molecule has 1 heterocycles. The molecular weight excluding hydrogens is 376 g/mol. The first-order valence-electron chi connectivity index (χ1n) is 7.78. The number of hydrogen-bond donors (Lipinski definition) is 0. The van der Waals surface area contributed by atoms with E-state index in [9.17, 15) is 13.0 Å². The second-order valence-corrected chi connectivity index (χ2v) is 6.87. The molecule has 0 atom stereocenters. The molecule has 0 aliphatic rings. The summed E-state index contributed by atoms with van der Waals surface area (Å²) in [7, 11) is 0.494. The average Bonchev–Trinajstić information content (AvgIpc) is 2.61. The van der Waals surface area contributed by atoms with Gasteiger partial charge in [-0.1, -0.05) is 12.1 Å². The lowest BCUT2D eigenvalue weighted by Crippen LogP contribution is -2.30. The first-order chi connectivity index (χ1) is 12.3. The van der Waals surface area contributed by atoms with E-state index in [1.165, 1.54) is 16.9 Å². The molecule has 0 radical (unpaired) electrons. The molecule has 1 aromatic heterocycles. The zero-order valence-corrected chi connectivity index (χ0v) is 16.6. The molecule has 0 spiro atoms. The molecule has 2 rings (SSSR count). The standard InChI is InChI=1S/C17H20ClN2.CH4O4S/c1-19-13-4-3-5-16(19)9-6-15-7-10-17(11-8-15)20(2)14-12-18;1-5-6(2,3)4/h3-11,13H,12,14H2,1-2H3;1H3,(H,2,3,4)/q+1;/p-1. The molecule has 0 unspecified atom stereocenters. The molecule has 0 saturated heterocycles. The predicted octanol–water partition coefficient (Wildman–Crippen LogP) is 2.45. The molecule has 0 saturated carbocycles. The summed E-state index contributed by atoms with van der Waals surface area (Å²) < 4.78 is 33.1. The number of pyridine rings is 1. The van der Waals surface area contributed by atoms with Gasteiger partial charge in [0.15, 0.2) is 6.20 Å². The number of hydrogen-bond acceptors (Lipinski definition) is 5. The topological polar surface area (TPSA) is 73.5 Å². The third-order valence-corrected chi connectivity index (χ3v) is 4.08. The fourth-order valence-electron chi connectivity index (χ4n) is 1.99. The Hall–Kier alpha value is -1.93. The number of nitrogens with zero attached hydrogens (tertiary/aromatic N) is 2. The molecule has 0 bridgehead atoms. The Labute approximate surface area is 160 Å². The number of aromatic nitrogens is 1. The summed E-state index contributed by atoms with van der Waals surface area (Å²) in [5.41, 5.74) is 3.56. The van der Waals surface area contributed by atoms with Crippen LogP contribution in [0.2, 0.25) is 0 Å². The number of aryl methyl sites for hydroxylation is 1. The van der Waals surface area contributed by atoms with E-state index in [1.54, 1.807) is 0 Å². The van der Waals surface area contributed by atoms with Crippen LogP contribution in [0.5, 0.6) is 0 Å². The van der Waals surface area contributed by atoms with Crippen LogP contribution in [-0.2, 0) is 21.6 Å². The Balaban J connectivity index is 0.000000487. The van der Waals surface area contributed by atoms with Gasteiger partial charge in [0.2, 0.25) is 16.1 Å². The molecular formula is C18H23ClN2O4S. The molecule has 2 aromatic rings. The van der Waals surface area contributed by atoms with E-state index >= 15 is 0 Å². The monoisotopic (exact) mass is 398 g/mol. The summed E-state index contributed by atoms with van der Waals surface area (Å²) in [4.78, 5) is 2.15. The largest absolute Gasteiger partial charge is 0.726 e. The van der Waals surface area contributed by atoms with Crippen LogP contribution < -0.4 is 9.47 Å². The van der Waals surface area contributed by atoms with Gasteiger partial charge in [-0.25, -0.2) is 13.0 Å². The molecule has 6 nitrogen and oxygen atoms in total. The summed E-state index contributed by atoms with van der Waals surface area (Å²) in [5.74, 6) is 0.642. The lowest BCUT2D eigenvalue weighted by molar-refractivity contribution is -0.673. The summed E-state index contributed by atoms with van der Waals surface area (Å²) in [6.45, 7) is 0.858. The zero-order valence-electron chi connectivity index (χ0n) is 15.0. The minimum atomic E-state index is -4.41. The van der Waals surface area contributed by atoms with Gasteiger partial charge in [-0.3, -0.25) is 4.18 Å².